The predicted molar refractivity (Wildman–Crippen MR) is 125 cm³/mol. The molecule has 0 saturated carbocycles. The van der Waals surface area contributed by atoms with E-state index in [4.69, 9.17) is 9.88 Å². The number of carbonyl (C=O) groups is 3. The van der Waals surface area contributed by atoms with Crippen LogP contribution in [0.1, 0.15) is 49.1 Å². The van der Waals surface area contributed by atoms with E-state index in [0.29, 0.717) is 21.8 Å². The van der Waals surface area contributed by atoms with Gasteiger partial charge in [-0.3, -0.25) is 14.4 Å². The maximum absolute atomic E-state index is 12.7. The smallest absolute Gasteiger partial charge is 0.306 e. The number of sulfonamides is 1. The lowest BCUT2D eigenvalue weighted by Gasteiger charge is -2.10. The zero-order valence-electron chi connectivity index (χ0n) is 18.5. The van der Waals surface area contributed by atoms with Gasteiger partial charge in [0.1, 0.15) is 0 Å². The minimum absolute atomic E-state index is 0.00961. The molecule has 3 rings (SSSR count). The normalized spacial score (nSPS) is 11.4. The molecule has 174 valence electrons. The summed E-state index contributed by atoms with van der Waals surface area (Å²) in [6.07, 6.45) is -0.0749. The summed E-state index contributed by atoms with van der Waals surface area (Å²) in [4.78, 5) is 38.4. The second kappa shape index (κ2) is 9.82. The largest absolute Gasteiger partial charge is 0.457 e. The van der Waals surface area contributed by atoms with E-state index >= 15 is 0 Å². The van der Waals surface area contributed by atoms with Gasteiger partial charge in [-0.15, -0.1) is 11.3 Å². The number of ketones is 2. The summed E-state index contributed by atoms with van der Waals surface area (Å²) in [5.74, 6) is -1.12. The number of benzene rings is 1. The Labute approximate surface area is 196 Å². The predicted octanol–water partition coefficient (Wildman–Crippen LogP) is 3.50. The van der Waals surface area contributed by atoms with Crippen LogP contribution in [0.3, 0.4) is 0 Å². The van der Waals surface area contributed by atoms with Crippen LogP contribution in [0.15, 0.2) is 47.4 Å². The number of aromatic nitrogens is 1. The number of esters is 1. The summed E-state index contributed by atoms with van der Waals surface area (Å²) in [5.41, 5.74) is 2.43. The van der Waals surface area contributed by atoms with Crippen LogP contribution in [0.2, 0.25) is 0 Å². The molecular formula is C23H24N2O6S2. The van der Waals surface area contributed by atoms with Gasteiger partial charge in [-0.05, 0) is 63.2 Å². The lowest BCUT2D eigenvalue weighted by atomic mass is 10.1. The Balaban J connectivity index is 1.62. The highest BCUT2D eigenvalue weighted by Crippen LogP contribution is 2.23. The molecule has 2 heterocycles. The van der Waals surface area contributed by atoms with Crippen molar-refractivity contribution >= 4 is 38.9 Å². The van der Waals surface area contributed by atoms with Crippen molar-refractivity contribution < 1.29 is 27.5 Å². The van der Waals surface area contributed by atoms with Gasteiger partial charge in [0.25, 0.3) is 0 Å². The molecule has 8 nitrogen and oxygen atoms in total. The number of hydrogen-bond acceptors (Lipinski definition) is 7. The third kappa shape index (κ3) is 5.84. The molecule has 0 saturated heterocycles. The van der Waals surface area contributed by atoms with Crippen molar-refractivity contribution in [3.8, 4) is 5.69 Å². The number of rotatable bonds is 9. The Morgan fingerprint density at radius 2 is 1.64 bits per heavy atom. The summed E-state index contributed by atoms with van der Waals surface area (Å²) in [7, 11) is -3.80. The molecule has 1 aromatic carbocycles. The minimum atomic E-state index is -3.80. The van der Waals surface area contributed by atoms with Crippen LogP contribution in [-0.2, 0) is 19.6 Å². The lowest BCUT2D eigenvalue weighted by Crippen LogP contribution is -2.15. The fourth-order valence-electron chi connectivity index (χ4n) is 3.45. The van der Waals surface area contributed by atoms with Crippen molar-refractivity contribution in [2.45, 2.75) is 38.5 Å². The Morgan fingerprint density at radius 1 is 0.970 bits per heavy atom. The monoisotopic (exact) mass is 488 g/mol. The van der Waals surface area contributed by atoms with Crippen molar-refractivity contribution in [2.75, 3.05) is 6.61 Å². The van der Waals surface area contributed by atoms with E-state index in [1.54, 1.807) is 42.7 Å². The molecule has 0 aliphatic rings. The number of primary sulfonamides is 1. The fourth-order valence-corrected chi connectivity index (χ4v) is 4.80. The average molecular weight is 489 g/mol. The highest BCUT2D eigenvalue weighted by molar-refractivity contribution is 7.89. The molecule has 0 bridgehead atoms. The summed E-state index contributed by atoms with van der Waals surface area (Å²) in [5, 5.41) is 5.14. The van der Waals surface area contributed by atoms with Crippen molar-refractivity contribution in [3.63, 3.8) is 0 Å². The van der Waals surface area contributed by atoms with Crippen LogP contribution >= 0.6 is 11.3 Å². The van der Waals surface area contributed by atoms with Crippen molar-refractivity contribution in [3.05, 3.63) is 69.2 Å². The van der Waals surface area contributed by atoms with Gasteiger partial charge in [-0.25, -0.2) is 13.6 Å². The molecule has 10 heteroatoms. The topological polar surface area (TPSA) is 126 Å². The summed E-state index contributed by atoms with van der Waals surface area (Å²) in [6.45, 7) is 5.02. The van der Waals surface area contributed by atoms with Gasteiger partial charge >= 0.3 is 5.97 Å². The third-order valence-electron chi connectivity index (χ3n) is 5.09. The van der Waals surface area contributed by atoms with E-state index in [1.165, 1.54) is 23.5 Å². The van der Waals surface area contributed by atoms with Gasteiger partial charge in [-0.2, -0.15) is 0 Å². The van der Waals surface area contributed by atoms with E-state index < -0.39 is 22.6 Å². The molecule has 0 amide bonds. The van der Waals surface area contributed by atoms with Crippen molar-refractivity contribution in [1.29, 1.82) is 0 Å². The molecular weight excluding hydrogens is 464 g/mol. The molecule has 0 aliphatic heterocycles. The molecule has 0 aliphatic carbocycles. The molecule has 0 spiro atoms. The number of nitrogens with two attached hydrogens (primary N) is 1. The van der Waals surface area contributed by atoms with Gasteiger partial charge in [0.05, 0.1) is 16.2 Å². The summed E-state index contributed by atoms with van der Waals surface area (Å²) < 4.78 is 29.8. The molecule has 0 atom stereocenters. The number of nitrogens with zero attached hydrogens (tertiary/aromatic N) is 1. The Bertz CT molecular complexity index is 1320. The number of hydrogen-bond donors (Lipinski definition) is 1. The minimum Gasteiger partial charge on any atom is -0.457 e. The van der Waals surface area contributed by atoms with Gasteiger partial charge < -0.3 is 9.30 Å². The van der Waals surface area contributed by atoms with Gasteiger partial charge in [0, 0.05) is 33.9 Å². The van der Waals surface area contributed by atoms with Crippen LogP contribution in [0.25, 0.3) is 5.69 Å². The first-order chi connectivity index (χ1) is 15.5. The first kappa shape index (κ1) is 24.6. The summed E-state index contributed by atoms with van der Waals surface area (Å²) in [6, 6.07) is 11.2. The van der Waals surface area contributed by atoms with Crippen LogP contribution in [0.5, 0.6) is 0 Å². The van der Waals surface area contributed by atoms with E-state index in [-0.39, 0.29) is 29.3 Å². The zero-order valence-corrected chi connectivity index (χ0v) is 20.1. The maximum Gasteiger partial charge on any atom is 0.306 e. The van der Waals surface area contributed by atoms with E-state index in [9.17, 15) is 22.8 Å². The van der Waals surface area contributed by atoms with E-state index in [1.807, 2.05) is 13.0 Å². The maximum atomic E-state index is 12.7. The number of carbonyl (C=O) groups excluding carboxylic acids is 3. The average Bonchev–Trinajstić information content (AvgIpc) is 3.32. The fraction of sp³-hybridized carbons (Fsp3) is 0.261. The van der Waals surface area contributed by atoms with Crippen molar-refractivity contribution in [1.82, 2.24) is 4.57 Å². The van der Waals surface area contributed by atoms with Gasteiger partial charge in [-0.1, -0.05) is 0 Å². The molecule has 33 heavy (non-hydrogen) atoms. The number of aryl methyl sites for hydroxylation is 2. The van der Waals surface area contributed by atoms with E-state index in [0.717, 1.165) is 10.6 Å². The molecule has 3 aromatic rings. The SMILES string of the molecule is Cc1ccc(C(=O)CCC(=O)OCC(=O)c2cc(C)n(-c3ccc(S(N)(=O)=O)cc3)c2C)s1. The molecule has 2 aromatic heterocycles. The van der Waals surface area contributed by atoms with Crippen LogP contribution in [-0.4, -0.2) is 37.1 Å². The van der Waals surface area contributed by atoms with Crippen LogP contribution in [0.4, 0.5) is 0 Å². The number of Topliss-reactive ketones (excluding diaryl/α,β-unsaturated/α-hetero) is 2. The quantitative estimate of drug-likeness (QED) is 0.363. The van der Waals surface area contributed by atoms with Crippen LogP contribution in [0, 0.1) is 20.8 Å². The van der Waals surface area contributed by atoms with Gasteiger partial charge in [0.15, 0.2) is 12.4 Å². The molecule has 0 unspecified atom stereocenters. The summed E-state index contributed by atoms with van der Waals surface area (Å²) >= 11 is 1.37. The molecule has 0 fully saturated rings. The first-order valence-corrected chi connectivity index (χ1v) is 12.4. The highest BCUT2D eigenvalue weighted by atomic mass is 32.2. The number of ether oxygens (including phenoxy) is 1. The lowest BCUT2D eigenvalue weighted by molar-refractivity contribution is -0.142. The zero-order chi connectivity index (χ0) is 24.3. The van der Waals surface area contributed by atoms with Crippen molar-refractivity contribution in [2.24, 2.45) is 5.14 Å². The van der Waals surface area contributed by atoms with Gasteiger partial charge in [0.2, 0.25) is 15.8 Å². The van der Waals surface area contributed by atoms with Crippen LogP contribution < -0.4 is 5.14 Å². The second-order valence-corrected chi connectivity index (χ2v) is 10.4. The Hall–Kier alpha value is -3.08. The van der Waals surface area contributed by atoms with E-state index in [2.05, 4.69) is 0 Å². The Kier molecular flexibility index (Phi) is 7.31. The third-order valence-corrected chi connectivity index (χ3v) is 7.06. The molecule has 2 N–H and O–H groups in total. The first-order valence-electron chi connectivity index (χ1n) is 10.1. The standard InChI is InChI=1S/C23H24N2O6S2/c1-14-12-19(16(3)25(14)17-5-7-18(8-6-17)33(24,29)30)21(27)13-31-23(28)11-9-20(26)22-10-4-15(2)32-22/h4-8,10,12H,9,11,13H2,1-3H3,(H2,24,29,30). The molecule has 0 radical (unpaired) electrons. The Morgan fingerprint density at radius 3 is 2.21 bits per heavy atom. The highest BCUT2D eigenvalue weighted by Gasteiger charge is 2.19. The number of thiophene rings is 1. The second-order valence-electron chi connectivity index (χ2n) is 7.58.